The average molecular weight is 449 g/mol. The van der Waals surface area contributed by atoms with Crippen molar-refractivity contribution in [1.29, 1.82) is 0 Å². The van der Waals surface area contributed by atoms with Gasteiger partial charge in [0.15, 0.2) is 0 Å². The summed E-state index contributed by atoms with van der Waals surface area (Å²) >= 11 is 0. The molecule has 1 atom stereocenters. The van der Waals surface area contributed by atoms with E-state index in [1.807, 2.05) is 48.5 Å². The van der Waals surface area contributed by atoms with E-state index in [1.165, 1.54) is 28.4 Å². The SMILES string of the molecule is CC1CCCCN1CCCNC(=O)Cn1c(=O)c(=O)n(Cc2ccccc2)c2ccccc21. The number of hydrogen-bond donors (Lipinski definition) is 1. The highest BCUT2D eigenvalue weighted by molar-refractivity contribution is 5.80. The summed E-state index contributed by atoms with van der Waals surface area (Å²) in [6, 6.07) is 17.4. The maximum Gasteiger partial charge on any atom is 0.317 e. The molecule has 4 rings (SSSR count). The Morgan fingerprint density at radius 3 is 2.33 bits per heavy atom. The van der Waals surface area contributed by atoms with E-state index in [9.17, 15) is 14.4 Å². The summed E-state index contributed by atoms with van der Waals surface area (Å²) in [6.45, 7) is 5.03. The molecule has 1 amide bonds. The highest BCUT2D eigenvalue weighted by Gasteiger charge is 2.18. The highest BCUT2D eigenvalue weighted by Crippen LogP contribution is 2.16. The Balaban J connectivity index is 1.47. The van der Waals surface area contributed by atoms with Crippen LogP contribution >= 0.6 is 0 Å². The van der Waals surface area contributed by atoms with Crippen molar-refractivity contribution < 1.29 is 4.79 Å². The maximum absolute atomic E-state index is 12.9. The number of hydrogen-bond acceptors (Lipinski definition) is 4. The first-order valence-corrected chi connectivity index (χ1v) is 11.8. The molecule has 1 unspecified atom stereocenters. The van der Waals surface area contributed by atoms with Gasteiger partial charge < -0.3 is 10.2 Å². The first-order chi connectivity index (χ1) is 16.0. The van der Waals surface area contributed by atoms with Crippen LogP contribution in [0.25, 0.3) is 11.0 Å². The van der Waals surface area contributed by atoms with Crippen LogP contribution in [0.15, 0.2) is 64.2 Å². The Morgan fingerprint density at radius 2 is 1.61 bits per heavy atom. The number of likely N-dealkylation sites (tertiary alicyclic amines) is 1. The van der Waals surface area contributed by atoms with Gasteiger partial charge >= 0.3 is 11.1 Å². The van der Waals surface area contributed by atoms with E-state index in [0.717, 1.165) is 25.1 Å². The van der Waals surface area contributed by atoms with Gasteiger partial charge in [-0.3, -0.25) is 23.5 Å². The summed E-state index contributed by atoms with van der Waals surface area (Å²) in [5.41, 5.74) is 0.849. The Bertz CT molecular complexity index is 1220. The minimum absolute atomic E-state index is 0.166. The number of aromatic nitrogens is 2. The van der Waals surface area contributed by atoms with Crippen LogP contribution in [0, 0.1) is 0 Å². The standard InChI is InChI=1S/C26H32N4O3/c1-20-10-7-8-16-28(20)17-9-15-27-24(31)19-30-23-14-6-5-13-22(23)29(25(32)26(30)33)18-21-11-3-2-4-12-21/h2-6,11-14,20H,7-10,15-19H2,1H3,(H,27,31). The summed E-state index contributed by atoms with van der Waals surface area (Å²) in [4.78, 5) is 41.0. The number of carbonyl (C=O) groups is 1. The summed E-state index contributed by atoms with van der Waals surface area (Å²) in [5.74, 6) is -0.255. The predicted octanol–water partition coefficient (Wildman–Crippen LogP) is 2.59. The van der Waals surface area contributed by atoms with Gasteiger partial charge in [-0.05, 0) is 50.4 Å². The molecule has 1 aliphatic heterocycles. The van der Waals surface area contributed by atoms with Crippen LogP contribution in [-0.4, -0.2) is 45.6 Å². The van der Waals surface area contributed by atoms with Crippen molar-refractivity contribution in [2.24, 2.45) is 0 Å². The number of benzene rings is 2. The molecule has 1 aliphatic rings. The Kier molecular flexibility index (Phi) is 7.40. The Morgan fingerprint density at radius 1 is 0.939 bits per heavy atom. The molecule has 0 saturated carbocycles. The third-order valence-corrected chi connectivity index (χ3v) is 6.51. The molecule has 1 saturated heterocycles. The van der Waals surface area contributed by atoms with Gasteiger partial charge in [0, 0.05) is 19.1 Å². The minimum Gasteiger partial charge on any atom is -0.355 e. The molecular formula is C26H32N4O3. The van der Waals surface area contributed by atoms with Crippen LogP contribution in [-0.2, 0) is 17.9 Å². The normalized spacial score (nSPS) is 16.7. The summed E-state index contributed by atoms with van der Waals surface area (Å²) in [6.07, 6.45) is 4.63. The van der Waals surface area contributed by atoms with Gasteiger partial charge in [0.05, 0.1) is 17.6 Å². The number of amides is 1. The number of nitrogens with zero attached hydrogens (tertiary/aromatic N) is 3. The van der Waals surface area contributed by atoms with Crippen LogP contribution in [0.4, 0.5) is 0 Å². The number of fused-ring (bicyclic) bond motifs is 1. The third kappa shape index (κ3) is 5.42. The average Bonchev–Trinajstić information content (AvgIpc) is 2.84. The Labute approximate surface area is 193 Å². The van der Waals surface area contributed by atoms with Crippen LogP contribution in [0.5, 0.6) is 0 Å². The Hall–Kier alpha value is -3.19. The van der Waals surface area contributed by atoms with Crippen molar-refractivity contribution >= 4 is 16.9 Å². The van der Waals surface area contributed by atoms with Gasteiger partial charge in [-0.25, -0.2) is 0 Å². The van der Waals surface area contributed by atoms with Crippen LogP contribution in [0.2, 0.25) is 0 Å². The molecule has 2 heterocycles. The monoisotopic (exact) mass is 448 g/mol. The number of rotatable bonds is 8. The first kappa shape index (κ1) is 23.0. The van der Waals surface area contributed by atoms with E-state index in [0.29, 0.717) is 30.2 Å². The van der Waals surface area contributed by atoms with E-state index < -0.39 is 11.1 Å². The molecule has 2 aromatic carbocycles. The van der Waals surface area contributed by atoms with E-state index in [2.05, 4.69) is 17.1 Å². The lowest BCUT2D eigenvalue weighted by Gasteiger charge is -2.33. The second-order valence-electron chi connectivity index (χ2n) is 8.84. The van der Waals surface area contributed by atoms with Crippen LogP contribution in [0.1, 0.15) is 38.2 Å². The van der Waals surface area contributed by atoms with Gasteiger partial charge in [0.25, 0.3) is 0 Å². The van der Waals surface area contributed by atoms with Crippen molar-refractivity contribution in [2.75, 3.05) is 19.6 Å². The molecule has 33 heavy (non-hydrogen) atoms. The molecule has 1 N–H and O–H groups in total. The largest absolute Gasteiger partial charge is 0.355 e. The molecular weight excluding hydrogens is 416 g/mol. The van der Waals surface area contributed by atoms with Crippen molar-refractivity contribution in [3.05, 3.63) is 80.9 Å². The van der Waals surface area contributed by atoms with Gasteiger partial charge in [0.2, 0.25) is 5.91 Å². The summed E-state index contributed by atoms with van der Waals surface area (Å²) in [5, 5.41) is 2.92. The second kappa shape index (κ2) is 10.6. The molecule has 1 fully saturated rings. The summed E-state index contributed by atoms with van der Waals surface area (Å²) in [7, 11) is 0. The lowest BCUT2D eigenvalue weighted by Crippen LogP contribution is -2.44. The van der Waals surface area contributed by atoms with E-state index in [4.69, 9.17) is 0 Å². The summed E-state index contributed by atoms with van der Waals surface area (Å²) < 4.78 is 2.78. The fraction of sp³-hybridized carbons (Fsp3) is 0.423. The minimum atomic E-state index is -0.679. The molecule has 1 aromatic heterocycles. The number of para-hydroxylation sites is 2. The highest BCUT2D eigenvalue weighted by atomic mass is 16.2. The van der Waals surface area contributed by atoms with Gasteiger partial charge in [-0.1, -0.05) is 48.9 Å². The van der Waals surface area contributed by atoms with Gasteiger partial charge in [-0.15, -0.1) is 0 Å². The lowest BCUT2D eigenvalue weighted by atomic mass is 10.0. The molecule has 7 heteroatoms. The fourth-order valence-electron chi connectivity index (χ4n) is 4.65. The van der Waals surface area contributed by atoms with Gasteiger partial charge in [-0.2, -0.15) is 0 Å². The van der Waals surface area contributed by atoms with Gasteiger partial charge in [0.1, 0.15) is 6.54 Å². The van der Waals surface area contributed by atoms with Crippen molar-refractivity contribution in [3.63, 3.8) is 0 Å². The fourth-order valence-corrected chi connectivity index (χ4v) is 4.65. The van der Waals surface area contributed by atoms with E-state index in [-0.39, 0.29) is 12.5 Å². The predicted molar refractivity (Wildman–Crippen MR) is 131 cm³/mol. The second-order valence-corrected chi connectivity index (χ2v) is 8.84. The zero-order chi connectivity index (χ0) is 23.2. The van der Waals surface area contributed by atoms with Crippen molar-refractivity contribution in [3.8, 4) is 0 Å². The molecule has 7 nitrogen and oxygen atoms in total. The van der Waals surface area contributed by atoms with E-state index >= 15 is 0 Å². The van der Waals surface area contributed by atoms with Crippen LogP contribution in [0.3, 0.4) is 0 Å². The molecule has 174 valence electrons. The quantitative estimate of drug-likeness (QED) is 0.425. The molecule has 0 bridgehead atoms. The topological polar surface area (TPSA) is 76.3 Å². The van der Waals surface area contributed by atoms with Crippen molar-refractivity contribution in [1.82, 2.24) is 19.4 Å². The molecule has 0 aliphatic carbocycles. The zero-order valence-corrected chi connectivity index (χ0v) is 19.2. The van der Waals surface area contributed by atoms with Crippen LogP contribution < -0.4 is 16.4 Å². The lowest BCUT2D eigenvalue weighted by molar-refractivity contribution is -0.121. The molecule has 0 spiro atoms. The molecule has 3 aromatic rings. The molecule has 0 radical (unpaired) electrons. The smallest absolute Gasteiger partial charge is 0.317 e. The zero-order valence-electron chi connectivity index (χ0n) is 19.2. The first-order valence-electron chi connectivity index (χ1n) is 11.8. The van der Waals surface area contributed by atoms with Crippen molar-refractivity contribution in [2.45, 2.75) is 51.7 Å². The number of nitrogens with one attached hydrogen (secondary N) is 1. The van der Waals surface area contributed by atoms with E-state index in [1.54, 1.807) is 6.07 Å². The number of piperidine rings is 1. The maximum atomic E-state index is 12.9. The third-order valence-electron chi connectivity index (χ3n) is 6.51. The number of carbonyl (C=O) groups excluding carboxylic acids is 1.